The predicted molar refractivity (Wildman–Crippen MR) is 65.8 cm³/mol. The van der Waals surface area contributed by atoms with Gasteiger partial charge in [0.05, 0.1) is 5.02 Å². The zero-order chi connectivity index (χ0) is 11.5. The first-order chi connectivity index (χ1) is 7.68. The molecule has 0 unspecified atom stereocenters. The second kappa shape index (κ2) is 4.76. The van der Waals surface area contributed by atoms with E-state index < -0.39 is 0 Å². The van der Waals surface area contributed by atoms with E-state index in [0.717, 1.165) is 0 Å². The molecule has 16 heavy (non-hydrogen) atoms. The summed E-state index contributed by atoms with van der Waals surface area (Å²) in [5.74, 6) is 0.862. The molecule has 0 aliphatic rings. The molecule has 0 aromatic heterocycles. The molecule has 0 saturated heterocycles. The third-order valence-corrected chi connectivity index (χ3v) is 3.08. The molecule has 0 atom stereocenters. The number of para-hydroxylation sites is 1. The smallest absolute Gasteiger partial charge is 0.196 e. The van der Waals surface area contributed by atoms with Crippen LogP contribution in [0.1, 0.15) is 0 Å². The second-order valence-corrected chi connectivity index (χ2v) is 4.30. The lowest BCUT2D eigenvalue weighted by molar-refractivity contribution is 0.348. The standard InChI is InChI=1S/C12H7BrClO2/c13-12-9(15)5-3-7-11(12)16-10-6-2-1-4-8(10)14/h1-7H. The van der Waals surface area contributed by atoms with Crippen molar-refractivity contribution in [3.05, 3.63) is 52.0 Å². The summed E-state index contributed by atoms with van der Waals surface area (Å²) in [4.78, 5) is 0. The lowest BCUT2D eigenvalue weighted by atomic mass is 10.3. The Bertz CT molecular complexity index is 514. The summed E-state index contributed by atoms with van der Waals surface area (Å²) in [6, 6.07) is 11.9. The van der Waals surface area contributed by atoms with Crippen LogP contribution in [0.15, 0.2) is 46.9 Å². The van der Waals surface area contributed by atoms with Crippen LogP contribution in [0.2, 0.25) is 5.02 Å². The van der Waals surface area contributed by atoms with Crippen LogP contribution in [0.4, 0.5) is 0 Å². The summed E-state index contributed by atoms with van der Waals surface area (Å²) < 4.78 is 5.94. The van der Waals surface area contributed by atoms with E-state index in [2.05, 4.69) is 15.9 Å². The zero-order valence-electron chi connectivity index (χ0n) is 8.11. The number of rotatable bonds is 2. The first-order valence-electron chi connectivity index (χ1n) is 4.56. The number of hydrogen-bond donors (Lipinski definition) is 0. The molecule has 0 fully saturated rings. The van der Waals surface area contributed by atoms with Gasteiger partial charge < -0.3 is 4.74 Å². The molecule has 0 saturated carbocycles. The Balaban J connectivity index is 2.35. The Kier molecular flexibility index (Phi) is 3.36. The van der Waals surface area contributed by atoms with Gasteiger partial charge in [0.1, 0.15) is 16.0 Å². The average Bonchev–Trinajstić information content (AvgIpc) is 2.28. The van der Waals surface area contributed by atoms with E-state index in [4.69, 9.17) is 16.3 Å². The molecule has 1 radical (unpaired) electrons. The lowest BCUT2D eigenvalue weighted by Gasteiger charge is -2.08. The van der Waals surface area contributed by atoms with Crippen molar-refractivity contribution in [3.63, 3.8) is 0 Å². The van der Waals surface area contributed by atoms with Crippen LogP contribution < -0.4 is 4.74 Å². The summed E-state index contributed by atoms with van der Waals surface area (Å²) in [6.07, 6.45) is 0. The van der Waals surface area contributed by atoms with E-state index in [0.29, 0.717) is 21.0 Å². The summed E-state index contributed by atoms with van der Waals surface area (Å²) in [5.41, 5.74) is 0. The Morgan fingerprint density at radius 3 is 2.44 bits per heavy atom. The fraction of sp³-hybridized carbons (Fsp3) is 0. The fourth-order valence-electron chi connectivity index (χ4n) is 1.22. The molecule has 2 aromatic carbocycles. The summed E-state index contributed by atoms with van der Waals surface area (Å²) >= 11 is 9.13. The molecule has 0 heterocycles. The monoisotopic (exact) mass is 297 g/mol. The van der Waals surface area contributed by atoms with E-state index in [1.54, 1.807) is 24.3 Å². The van der Waals surface area contributed by atoms with Gasteiger partial charge in [-0.25, -0.2) is 0 Å². The first kappa shape index (κ1) is 11.3. The second-order valence-electron chi connectivity index (χ2n) is 3.10. The molecule has 0 amide bonds. The van der Waals surface area contributed by atoms with Crippen LogP contribution in [-0.4, -0.2) is 0 Å². The quantitative estimate of drug-likeness (QED) is 0.763. The van der Waals surface area contributed by atoms with E-state index in [9.17, 15) is 5.11 Å². The molecule has 0 bridgehead atoms. The highest BCUT2D eigenvalue weighted by Crippen LogP contribution is 2.38. The Morgan fingerprint density at radius 2 is 1.69 bits per heavy atom. The van der Waals surface area contributed by atoms with Crippen LogP contribution in [0.5, 0.6) is 17.2 Å². The van der Waals surface area contributed by atoms with Gasteiger partial charge in [-0.1, -0.05) is 29.8 Å². The van der Waals surface area contributed by atoms with E-state index in [1.807, 2.05) is 12.1 Å². The van der Waals surface area contributed by atoms with E-state index in [-0.39, 0.29) is 5.75 Å². The molecule has 2 aromatic rings. The van der Waals surface area contributed by atoms with Gasteiger partial charge in [-0.05, 0) is 40.2 Å². The van der Waals surface area contributed by atoms with Crippen molar-refractivity contribution < 1.29 is 9.84 Å². The first-order valence-corrected chi connectivity index (χ1v) is 5.73. The molecule has 81 valence electrons. The average molecular weight is 299 g/mol. The SMILES string of the molecule is [O]c1cccc(Oc2ccccc2Cl)c1Br. The zero-order valence-corrected chi connectivity index (χ0v) is 10.5. The van der Waals surface area contributed by atoms with Gasteiger partial charge in [-0.15, -0.1) is 0 Å². The predicted octanol–water partition coefficient (Wildman–Crippen LogP) is 5.04. The molecule has 0 aliphatic carbocycles. The fourth-order valence-corrected chi connectivity index (χ4v) is 1.74. The van der Waals surface area contributed by atoms with Gasteiger partial charge >= 0.3 is 0 Å². The molecule has 0 aliphatic heterocycles. The van der Waals surface area contributed by atoms with Crippen LogP contribution in [0.25, 0.3) is 0 Å². The van der Waals surface area contributed by atoms with Gasteiger partial charge in [0.2, 0.25) is 0 Å². The van der Waals surface area contributed by atoms with Crippen LogP contribution in [0.3, 0.4) is 0 Å². The van der Waals surface area contributed by atoms with Gasteiger partial charge in [-0.3, -0.25) is 5.11 Å². The molecule has 0 spiro atoms. The maximum atomic E-state index is 11.4. The lowest BCUT2D eigenvalue weighted by Crippen LogP contribution is -1.86. The van der Waals surface area contributed by atoms with Crippen molar-refractivity contribution in [1.82, 2.24) is 0 Å². The third kappa shape index (κ3) is 2.31. The Morgan fingerprint density at radius 1 is 1.00 bits per heavy atom. The van der Waals surface area contributed by atoms with Crippen molar-refractivity contribution in [2.24, 2.45) is 0 Å². The molecule has 2 nitrogen and oxygen atoms in total. The van der Waals surface area contributed by atoms with Crippen molar-refractivity contribution in [2.75, 3.05) is 0 Å². The number of halogens is 2. The maximum absolute atomic E-state index is 11.4. The summed E-state index contributed by atoms with van der Waals surface area (Å²) in [7, 11) is 0. The largest absolute Gasteiger partial charge is 0.454 e. The molecule has 2 rings (SSSR count). The Labute approximate surface area is 107 Å². The molecular weight excluding hydrogens is 291 g/mol. The molecule has 4 heteroatoms. The van der Waals surface area contributed by atoms with Crippen LogP contribution >= 0.6 is 27.5 Å². The van der Waals surface area contributed by atoms with Crippen molar-refractivity contribution in [1.29, 1.82) is 0 Å². The number of hydrogen-bond acceptors (Lipinski definition) is 1. The Hall–Kier alpha value is -1.19. The minimum Gasteiger partial charge on any atom is -0.454 e. The van der Waals surface area contributed by atoms with Gasteiger partial charge in [0.25, 0.3) is 0 Å². The highest BCUT2D eigenvalue weighted by Gasteiger charge is 2.09. The van der Waals surface area contributed by atoms with Crippen molar-refractivity contribution in [3.8, 4) is 17.2 Å². The maximum Gasteiger partial charge on any atom is 0.196 e. The molecular formula is C12H7BrClO2. The number of ether oxygens (including phenoxy) is 1. The third-order valence-electron chi connectivity index (χ3n) is 1.98. The number of benzene rings is 2. The van der Waals surface area contributed by atoms with Crippen molar-refractivity contribution in [2.45, 2.75) is 0 Å². The van der Waals surface area contributed by atoms with Crippen LogP contribution in [0, 0.1) is 0 Å². The highest BCUT2D eigenvalue weighted by atomic mass is 79.9. The minimum absolute atomic E-state index is 0.121. The van der Waals surface area contributed by atoms with Gasteiger partial charge in [0.15, 0.2) is 5.75 Å². The topological polar surface area (TPSA) is 29.1 Å². The van der Waals surface area contributed by atoms with Gasteiger partial charge in [0, 0.05) is 0 Å². The molecule has 0 N–H and O–H groups in total. The normalized spacial score (nSPS) is 10.1. The summed E-state index contributed by atoms with van der Waals surface area (Å²) in [5, 5.41) is 11.9. The highest BCUT2D eigenvalue weighted by molar-refractivity contribution is 9.10. The van der Waals surface area contributed by atoms with E-state index in [1.165, 1.54) is 6.07 Å². The summed E-state index contributed by atoms with van der Waals surface area (Å²) in [6.45, 7) is 0. The van der Waals surface area contributed by atoms with E-state index >= 15 is 0 Å². The van der Waals surface area contributed by atoms with Gasteiger partial charge in [-0.2, -0.15) is 0 Å². The minimum atomic E-state index is -0.121. The van der Waals surface area contributed by atoms with Crippen LogP contribution in [-0.2, 0) is 5.11 Å². The van der Waals surface area contributed by atoms with Crippen molar-refractivity contribution >= 4 is 27.5 Å².